The average molecular weight is 295 g/mol. The lowest BCUT2D eigenvalue weighted by atomic mass is 10.1. The molecule has 1 amide bonds. The van der Waals surface area contributed by atoms with Crippen LogP contribution in [0.25, 0.3) is 10.9 Å². The molecule has 108 valence electrons. The van der Waals surface area contributed by atoms with E-state index in [4.69, 9.17) is 5.73 Å². The van der Waals surface area contributed by atoms with E-state index in [1.165, 1.54) is 6.26 Å². The molecular formula is C13H17N3O3S. The van der Waals surface area contributed by atoms with Gasteiger partial charge in [0.2, 0.25) is 0 Å². The molecule has 1 aromatic heterocycles. The van der Waals surface area contributed by atoms with E-state index in [9.17, 15) is 13.2 Å². The van der Waals surface area contributed by atoms with Crippen molar-refractivity contribution < 1.29 is 13.2 Å². The fourth-order valence-electron chi connectivity index (χ4n) is 1.96. The van der Waals surface area contributed by atoms with Gasteiger partial charge in [-0.15, -0.1) is 0 Å². The lowest BCUT2D eigenvalue weighted by Gasteiger charge is -2.04. The van der Waals surface area contributed by atoms with Gasteiger partial charge in [0.25, 0.3) is 5.91 Å². The second-order valence-corrected chi connectivity index (χ2v) is 7.01. The Morgan fingerprint density at radius 2 is 2.15 bits per heavy atom. The topological polar surface area (TPSA) is 105 Å². The van der Waals surface area contributed by atoms with Gasteiger partial charge in [-0.1, -0.05) is 0 Å². The highest BCUT2D eigenvalue weighted by Crippen LogP contribution is 2.20. The van der Waals surface area contributed by atoms with Crippen molar-refractivity contribution in [1.82, 2.24) is 10.3 Å². The molecule has 0 aliphatic carbocycles. The number of carbonyl (C=O) groups excluding carboxylic acids is 1. The first-order valence-electron chi connectivity index (χ1n) is 6.19. The minimum atomic E-state index is -2.99. The molecule has 0 fully saturated rings. The van der Waals surface area contributed by atoms with Crippen molar-refractivity contribution in [2.75, 3.05) is 24.3 Å². The van der Waals surface area contributed by atoms with Crippen LogP contribution in [0.2, 0.25) is 0 Å². The number of sulfone groups is 1. The van der Waals surface area contributed by atoms with E-state index in [-0.39, 0.29) is 11.7 Å². The van der Waals surface area contributed by atoms with Crippen LogP contribution in [-0.4, -0.2) is 37.9 Å². The van der Waals surface area contributed by atoms with Crippen LogP contribution < -0.4 is 11.1 Å². The first kappa shape index (κ1) is 14.4. The van der Waals surface area contributed by atoms with Crippen LogP contribution >= 0.6 is 0 Å². The molecule has 20 heavy (non-hydrogen) atoms. The van der Waals surface area contributed by atoms with Crippen molar-refractivity contribution in [2.24, 2.45) is 0 Å². The number of nitrogen functional groups attached to an aromatic ring is 1. The maximum Gasteiger partial charge on any atom is 0.253 e. The van der Waals surface area contributed by atoms with Crippen LogP contribution in [-0.2, 0) is 9.84 Å². The third kappa shape index (κ3) is 3.51. The van der Waals surface area contributed by atoms with E-state index >= 15 is 0 Å². The minimum Gasteiger partial charge on any atom is -0.399 e. The molecule has 0 bridgehead atoms. The SMILES string of the molecule is CS(=O)(=O)CCCNC(=O)c1c[nH]c2cc(N)ccc12. The number of hydrogen-bond acceptors (Lipinski definition) is 4. The molecule has 0 aliphatic heterocycles. The summed E-state index contributed by atoms with van der Waals surface area (Å²) in [5.74, 6) is -0.160. The van der Waals surface area contributed by atoms with Crippen molar-refractivity contribution in [3.05, 3.63) is 30.0 Å². The van der Waals surface area contributed by atoms with Gasteiger partial charge >= 0.3 is 0 Å². The number of anilines is 1. The number of aromatic amines is 1. The summed E-state index contributed by atoms with van der Waals surface area (Å²) >= 11 is 0. The Kier molecular flexibility index (Phi) is 3.99. The van der Waals surface area contributed by atoms with E-state index in [0.29, 0.717) is 24.2 Å². The predicted molar refractivity (Wildman–Crippen MR) is 79.4 cm³/mol. The number of H-pyrrole nitrogens is 1. The highest BCUT2D eigenvalue weighted by atomic mass is 32.2. The number of amides is 1. The van der Waals surface area contributed by atoms with Crippen molar-refractivity contribution in [2.45, 2.75) is 6.42 Å². The molecule has 7 heteroatoms. The monoisotopic (exact) mass is 295 g/mol. The quantitative estimate of drug-likeness (QED) is 0.563. The summed E-state index contributed by atoms with van der Waals surface area (Å²) in [5, 5.41) is 3.50. The summed E-state index contributed by atoms with van der Waals surface area (Å²) in [6.45, 7) is 0.327. The number of hydrogen-bond donors (Lipinski definition) is 3. The van der Waals surface area contributed by atoms with Crippen molar-refractivity contribution in [3.63, 3.8) is 0 Å². The van der Waals surface area contributed by atoms with Gasteiger partial charge in [0.15, 0.2) is 0 Å². The normalized spacial score (nSPS) is 11.7. The van der Waals surface area contributed by atoms with E-state index < -0.39 is 9.84 Å². The van der Waals surface area contributed by atoms with Crippen molar-refractivity contribution in [1.29, 1.82) is 0 Å². The summed E-state index contributed by atoms with van der Waals surface area (Å²) in [6.07, 6.45) is 3.20. The minimum absolute atomic E-state index is 0.0672. The van der Waals surface area contributed by atoms with Crippen LogP contribution in [0.5, 0.6) is 0 Å². The molecule has 0 saturated carbocycles. The Balaban J connectivity index is 2.01. The second-order valence-electron chi connectivity index (χ2n) is 4.75. The first-order valence-corrected chi connectivity index (χ1v) is 8.25. The van der Waals surface area contributed by atoms with E-state index in [2.05, 4.69) is 10.3 Å². The van der Waals surface area contributed by atoms with E-state index in [1.54, 1.807) is 24.4 Å². The van der Waals surface area contributed by atoms with Crippen LogP contribution in [0.3, 0.4) is 0 Å². The lowest BCUT2D eigenvalue weighted by Crippen LogP contribution is -2.25. The Morgan fingerprint density at radius 1 is 1.40 bits per heavy atom. The fraction of sp³-hybridized carbons (Fsp3) is 0.308. The number of rotatable bonds is 5. The molecular weight excluding hydrogens is 278 g/mol. The maximum atomic E-state index is 12.0. The van der Waals surface area contributed by atoms with Crippen LogP contribution in [0.15, 0.2) is 24.4 Å². The smallest absolute Gasteiger partial charge is 0.253 e. The Hall–Kier alpha value is -2.02. The Bertz CT molecular complexity index is 734. The molecule has 2 rings (SSSR count). The standard InChI is InChI=1S/C13H17N3O3S/c1-20(18,19)6-2-5-15-13(17)11-8-16-12-7-9(14)3-4-10(11)12/h3-4,7-8,16H,2,5-6,14H2,1H3,(H,15,17). The largest absolute Gasteiger partial charge is 0.399 e. The number of benzene rings is 1. The highest BCUT2D eigenvalue weighted by molar-refractivity contribution is 7.90. The summed E-state index contributed by atoms with van der Waals surface area (Å²) < 4.78 is 22.0. The molecule has 0 radical (unpaired) electrons. The first-order chi connectivity index (χ1) is 9.37. The second kappa shape index (κ2) is 5.54. The lowest BCUT2D eigenvalue weighted by molar-refractivity contribution is 0.0955. The van der Waals surface area contributed by atoms with Gasteiger partial charge in [0.1, 0.15) is 9.84 Å². The van der Waals surface area contributed by atoms with Crippen molar-refractivity contribution in [3.8, 4) is 0 Å². The number of aromatic nitrogens is 1. The number of nitrogens with two attached hydrogens (primary N) is 1. The molecule has 1 aromatic carbocycles. The van der Waals surface area contributed by atoms with Gasteiger partial charge in [-0.2, -0.15) is 0 Å². The third-order valence-electron chi connectivity index (χ3n) is 2.93. The van der Waals surface area contributed by atoms with E-state index in [0.717, 1.165) is 10.9 Å². The molecule has 4 N–H and O–H groups in total. The maximum absolute atomic E-state index is 12.0. The van der Waals surface area contributed by atoms with E-state index in [1.807, 2.05) is 0 Å². The van der Waals surface area contributed by atoms with Crippen LogP contribution in [0.1, 0.15) is 16.8 Å². The summed E-state index contributed by atoms with van der Waals surface area (Å²) in [6, 6.07) is 5.28. The fourth-order valence-corrected chi connectivity index (χ4v) is 2.63. The predicted octanol–water partition coefficient (Wildman–Crippen LogP) is 0.915. The average Bonchev–Trinajstić information content (AvgIpc) is 2.76. The molecule has 0 unspecified atom stereocenters. The van der Waals surface area contributed by atoms with Crippen LogP contribution in [0.4, 0.5) is 5.69 Å². The Morgan fingerprint density at radius 3 is 2.85 bits per heavy atom. The zero-order chi connectivity index (χ0) is 14.8. The zero-order valence-corrected chi connectivity index (χ0v) is 12.0. The molecule has 0 saturated heterocycles. The van der Waals surface area contributed by atoms with Gasteiger partial charge in [0.05, 0.1) is 11.3 Å². The highest BCUT2D eigenvalue weighted by Gasteiger charge is 2.11. The van der Waals surface area contributed by atoms with Gasteiger partial charge in [-0.3, -0.25) is 4.79 Å². The van der Waals surface area contributed by atoms with Gasteiger partial charge in [0, 0.05) is 35.6 Å². The molecule has 6 nitrogen and oxygen atoms in total. The molecule has 0 aliphatic rings. The summed E-state index contributed by atoms with van der Waals surface area (Å²) in [4.78, 5) is 15.0. The third-order valence-corrected chi connectivity index (χ3v) is 3.96. The Labute approximate surface area is 117 Å². The number of carbonyl (C=O) groups is 1. The molecule has 2 aromatic rings. The van der Waals surface area contributed by atoms with Gasteiger partial charge < -0.3 is 16.0 Å². The zero-order valence-electron chi connectivity index (χ0n) is 11.1. The summed E-state index contributed by atoms with van der Waals surface area (Å²) in [5.41, 5.74) is 7.62. The molecule has 0 spiro atoms. The number of fused-ring (bicyclic) bond motifs is 1. The summed E-state index contributed by atoms with van der Waals surface area (Å²) in [7, 11) is -2.99. The molecule has 0 atom stereocenters. The van der Waals surface area contributed by atoms with Gasteiger partial charge in [-0.05, 0) is 24.6 Å². The molecule has 1 heterocycles. The number of nitrogens with one attached hydrogen (secondary N) is 2. The van der Waals surface area contributed by atoms with Crippen molar-refractivity contribution >= 4 is 32.3 Å². The van der Waals surface area contributed by atoms with Crippen LogP contribution in [0, 0.1) is 0 Å². The van der Waals surface area contributed by atoms with Gasteiger partial charge in [-0.25, -0.2) is 8.42 Å².